The molecule has 0 saturated carbocycles. The van der Waals surface area contributed by atoms with Gasteiger partial charge in [-0.15, -0.1) is 0 Å². The first-order valence-corrected chi connectivity index (χ1v) is 6.82. The van der Waals surface area contributed by atoms with Crippen LogP contribution in [0.3, 0.4) is 0 Å². The number of nitro benzene ring substituents is 1. The maximum Gasteiger partial charge on any atom is 0.304 e. The van der Waals surface area contributed by atoms with Crippen LogP contribution in [0.5, 0.6) is 0 Å². The van der Waals surface area contributed by atoms with Gasteiger partial charge in [-0.25, -0.2) is 0 Å². The van der Waals surface area contributed by atoms with Crippen LogP contribution in [0.25, 0.3) is 0 Å². The summed E-state index contributed by atoms with van der Waals surface area (Å²) in [5.74, 6) is -1.61. The fraction of sp³-hybridized carbons (Fsp3) is 0.188. The molecular formula is C16H15FN2O3. The van der Waals surface area contributed by atoms with Crippen LogP contribution >= 0.6 is 0 Å². The highest BCUT2D eigenvalue weighted by Crippen LogP contribution is 2.24. The van der Waals surface area contributed by atoms with E-state index >= 15 is 0 Å². The molecule has 0 aliphatic carbocycles. The summed E-state index contributed by atoms with van der Waals surface area (Å²) >= 11 is 0. The molecular weight excluding hydrogens is 287 g/mol. The third-order valence-corrected chi connectivity index (χ3v) is 3.34. The quantitative estimate of drug-likeness (QED) is 0.673. The largest absolute Gasteiger partial charge is 0.325 e. The average Bonchev–Trinajstić information content (AvgIpc) is 2.48. The summed E-state index contributed by atoms with van der Waals surface area (Å²) < 4.78 is 13.6. The molecule has 0 spiro atoms. The van der Waals surface area contributed by atoms with Crippen LogP contribution in [-0.4, -0.2) is 10.8 Å². The first-order valence-electron chi connectivity index (χ1n) is 6.82. The fourth-order valence-electron chi connectivity index (χ4n) is 2.22. The van der Waals surface area contributed by atoms with E-state index in [-0.39, 0.29) is 17.5 Å². The van der Waals surface area contributed by atoms with Gasteiger partial charge in [0.25, 0.3) is 0 Å². The van der Waals surface area contributed by atoms with E-state index in [9.17, 15) is 19.3 Å². The number of anilines is 1. The SMILES string of the molecule is CC[C@@H](C(=O)Nc1ccc([N+](=O)[O-])c(F)c1)c1ccccc1. The maximum absolute atomic E-state index is 13.6. The number of halogens is 1. The summed E-state index contributed by atoms with van der Waals surface area (Å²) in [6.45, 7) is 1.88. The van der Waals surface area contributed by atoms with Crippen molar-refractivity contribution in [3.63, 3.8) is 0 Å². The van der Waals surface area contributed by atoms with Crippen LogP contribution in [0.4, 0.5) is 15.8 Å². The highest BCUT2D eigenvalue weighted by molar-refractivity contribution is 5.95. The lowest BCUT2D eigenvalue weighted by Crippen LogP contribution is -2.20. The molecule has 2 aromatic carbocycles. The summed E-state index contributed by atoms with van der Waals surface area (Å²) in [6.07, 6.45) is 0.589. The van der Waals surface area contributed by atoms with Gasteiger partial charge in [-0.3, -0.25) is 14.9 Å². The Labute approximate surface area is 126 Å². The smallest absolute Gasteiger partial charge is 0.304 e. The molecule has 0 aliphatic heterocycles. The van der Waals surface area contributed by atoms with Gasteiger partial charge in [-0.1, -0.05) is 37.3 Å². The van der Waals surface area contributed by atoms with Crippen LogP contribution in [0.1, 0.15) is 24.8 Å². The van der Waals surface area contributed by atoms with E-state index in [0.717, 1.165) is 17.7 Å². The Morgan fingerprint density at radius 2 is 1.95 bits per heavy atom. The van der Waals surface area contributed by atoms with Crippen molar-refractivity contribution < 1.29 is 14.1 Å². The predicted octanol–water partition coefficient (Wildman–Crippen LogP) is 3.87. The molecule has 0 aromatic heterocycles. The normalized spacial score (nSPS) is 11.7. The third kappa shape index (κ3) is 3.46. The molecule has 114 valence electrons. The first-order chi connectivity index (χ1) is 10.5. The standard InChI is InChI=1S/C16H15FN2O3/c1-2-13(11-6-4-3-5-7-11)16(20)18-12-8-9-15(19(21)22)14(17)10-12/h3-10,13H,2H2,1H3,(H,18,20)/t13-/m1/s1. The molecule has 1 N–H and O–H groups in total. The van der Waals surface area contributed by atoms with E-state index in [1.54, 1.807) is 0 Å². The number of rotatable bonds is 5. The lowest BCUT2D eigenvalue weighted by molar-refractivity contribution is -0.387. The minimum atomic E-state index is -0.976. The summed E-state index contributed by atoms with van der Waals surface area (Å²) in [4.78, 5) is 22.1. The van der Waals surface area contributed by atoms with Crippen LogP contribution in [0.15, 0.2) is 48.5 Å². The third-order valence-electron chi connectivity index (χ3n) is 3.34. The average molecular weight is 302 g/mol. The van der Waals surface area contributed by atoms with Crippen molar-refractivity contribution in [2.45, 2.75) is 19.3 Å². The summed E-state index contributed by atoms with van der Waals surface area (Å²) in [5, 5.41) is 13.2. The molecule has 2 rings (SSSR count). The van der Waals surface area contributed by atoms with E-state index < -0.39 is 16.4 Å². The molecule has 0 aliphatic rings. The van der Waals surface area contributed by atoms with Gasteiger partial charge in [-0.05, 0) is 18.1 Å². The zero-order valence-electron chi connectivity index (χ0n) is 12.0. The number of nitrogens with one attached hydrogen (secondary N) is 1. The minimum Gasteiger partial charge on any atom is -0.325 e. The van der Waals surface area contributed by atoms with Crippen LogP contribution in [-0.2, 0) is 4.79 Å². The van der Waals surface area contributed by atoms with E-state index in [0.29, 0.717) is 6.42 Å². The topological polar surface area (TPSA) is 72.2 Å². The molecule has 0 bridgehead atoms. The van der Waals surface area contributed by atoms with Crippen molar-refractivity contribution in [3.05, 3.63) is 70.0 Å². The highest BCUT2D eigenvalue weighted by Gasteiger charge is 2.20. The predicted molar refractivity (Wildman–Crippen MR) is 81.2 cm³/mol. The second-order valence-corrected chi connectivity index (χ2v) is 4.78. The number of nitro groups is 1. The van der Waals surface area contributed by atoms with Crippen molar-refractivity contribution in [1.82, 2.24) is 0 Å². The molecule has 6 heteroatoms. The molecule has 5 nitrogen and oxygen atoms in total. The first kappa shape index (κ1) is 15.6. The Morgan fingerprint density at radius 1 is 1.27 bits per heavy atom. The van der Waals surface area contributed by atoms with Gasteiger partial charge in [0.1, 0.15) is 0 Å². The van der Waals surface area contributed by atoms with Gasteiger partial charge >= 0.3 is 5.69 Å². The molecule has 0 heterocycles. The van der Waals surface area contributed by atoms with E-state index in [4.69, 9.17) is 0 Å². The van der Waals surface area contributed by atoms with Gasteiger partial charge in [0.2, 0.25) is 11.7 Å². The van der Waals surface area contributed by atoms with Gasteiger partial charge in [0.15, 0.2) is 0 Å². The van der Waals surface area contributed by atoms with Gasteiger partial charge in [0, 0.05) is 17.8 Å². The van der Waals surface area contributed by atoms with Gasteiger partial charge in [-0.2, -0.15) is 4.39 Å². The molecule has 0 saturated heterocycles. The monoisotopic (exact) mass is 302 g/mol. The second-order valence-electron chi connectivity index (χ2n) is 4.78. The Balaban J connectivity index is 2.17. The van der Waals surface area contributed by atoms with Crippen LogP contribution in [0.2, 0.25) is 0 Å². The van der Waals surface area contributed by atoms with Crippen molar-refractivity contribution in [3.8, 4) is 0 Å². The highest BCUT2D eigenvalue weighted by atomic mass is 19.1. The zero-order chi connectivity index (χ0) is 16.1. The Morgan fingerprint density at radius 3 is 2.50 bits per heavy atom. The lowest BCUT2D eigenvalue weighted by Gasteiger charge is -2.15. The molecule has 0 unspecified atom stereocenters. The van der Waals surface area contributed by atoms with Crippen LogP contribution < -0.4 is 5.32 Å². The van der Waals surface area contributed by atoms with E-state index in [1.165, 1.54) is 6.07 Å². The van der Waals surface area contributed by atoms with E-state index in [1.807, 2.05) is 37.3 Å². The number of carbonyl (C=O) groups is 1. The van der Waals surface area contributed by atoms with Crippen molar-refractivity contribution in [2.75, 3.05) is 5.32 Å². The zero-order valence-corrected chi connectivity index (χ0v) is 12.0. The van der Waals surface area contributed by atoms with Crippen molar-refractivity contribution >= 4 is 17.3 Å². The summed E-state index contributed by atoms with van der Waals surface area (Å²) in [5.41, 5.74) is 0.445. The molecule has 1 amide bonds. The Bertz CT molecular complexity index is 689. The second kappa shape index (κ2) is 6.80. The summed E-state index contributed by atoms with van der Waals surface area (Å²) in [7, 11) is 0. The van der Waals surface area contributed by atoms with Crippen molar-refractivity contribution in [2.24, 2.45) is 0 Å². The molecule has 2 aromatic rings. The minimum absolute atomic E-state index is 0.197. The Kier molecular flexibility index (Phi) is 4.83. The molecule has 0 fully saturated rings. The lowest BCUT2D eigenvalue weighted by atomic mass is 9.95. The Hall–Kier alpha value is -2.76. The van der Waals surface area contributed by atoms with Crippen LogP contribution in [0, 0.1) is 15.9 Å². The maximum atomic E-state index is 13.6. The number of hydrogen-bond donors (Lipinski definition) is 1. The fourth-order valence-corrected chi connectivity index (χ4v) is 2.22. The number of amides is 1. The molecule has 22 heavy (non-hydrogen) atoms. The number of carbonyl (C=O) groups excluding carboxylic acids is 1. The van der Waals surface area contributed by atoms with Gasteiger partial charge < -0.3 is 5.32 Å². The number of benzene rings is 2. The summed E-state index contributed by atoms with van der Waals surface area (Å²) in [6, 6.07) is 12.6. The van der Waals surface area contributed by atoms with E-state index in [2.05, 4.69) is 5.32 Å². The van der Waals surface area contributed by atoms with Crippen molar-refractivity contribution in [1.29, 1.82) is 0 Å². The molecule has 1 atom stereocenters. The molecule has 0 radical (unpaired) electrons. The van der Waals surface area contributed by atoms with Gasteiger partial charge in [0.05, 0.1) is 10.8 Å². The number of hydrogen-bond acceptors (Lipinski definition) is 3. The number of nitrogens with zero attached hydrogens (tertiary/aromatic N) is 1.